The fraction of sp³-hybridized carbons (Fsp3) is 0.400. The number of aromatic nitrogens is 1. The van der Waals surface area contributed by atoms with E-state index < -0.39 is 0 Å². The minimum absolute atomic E-state index is 0.238. The largest absolute Gasteiger partial charge is 0.370 e. The Balaban J connectivity index is 1.64. The van der Waals surface area contributed by atoms with Gasteiger partial charge in [-0.15, -0.1) is 0 Å². The molecule has 7 heteroatoms. The van der Waals surface area contributed by atoms with Crippen LogP contribution in [0, 0.1) is 0 Å². The Morgan fingerprint density at radius 3 is 2.95 bits per heavy atom. The van der Waals surface area contributed by atoms with Crippen LogP contribution in [-0.4, -0.2) is 28.6 Å². The number of aliphatic imine (C=N–C) groups is 1. The molecule has 0 amide bonds. The molecule has 0 radical (unpaired) electrons. The molecule has 1 aromatic heterocycles. The van der Waals surface area contributed by atoms with Crippen molar-refractivity contribution in [3.05, 3.63) is 41.2 Å². The number of nitrogens with one attached hydrogen (secondary N) is 2. The van der Waals surface area contributed by atoms with Gasteiger partial charge in [0.1, 0.15) is 0 Å². The van der Waals surface area contributed by atoms with Gasteiger partial charge in [0.2, 0.25) is 0 Å². The first kappa shape index (κ1) is 16.7. The van der Waals surface area contributed by atoms with Gasteiger partial charge in [0.25, 0.3) is 0 Å². The summed E-state index contributed by atoms with van der Waals surface area (Å²) in [6.45, 7) is 0.719. The minimum Gasteiger partial charge on any atom is -0.370 e. The van der Waals surface area contributed by atoms with Gasteiger partial charge < -0.3 is 16.4 Å². The fourth-order valence-corrected chi connectivity index (χ4v) is 2.58. The number of hydrogen-bond donors (Lipinski definition) is 3. The van der Waals surface area contributed by atoms with Crippen LogP contribution in [0.2, 0.25) is 5.02 Å². The number of aryl methyl sites for hydroxylation is 1. The second kappa shape index (κ2) is 8.70. The van der Waals surface area contributed by atoms with Crippen molar-refractivity contribution in [2.24, 2.45) is 10.7 Å². The van der Waals surface area contributed by atoms with Gasteiger partial charge >= 0.3 is 0 Å². The third-order valence-electron chi connectivity index (χ3n) is 3.26. The third kappa shape index (κ3) is 5.61. The van der Waals surface area contributed by atoms with Crippen LogP contribution in [-0.2, 0) is 6.42 Å². The molecule has 118 valence electrons. The highest BCUT2D eigenvalue weighted by Crippen LogP contribution is 2.13. The summed E-state index contributed by atoms with van der Waals surface area (Å²) in [7, 11) is 0. The van der Waals surface area contributed by atoms with Crippen molar-refractivity contribution in [1.82, 2.24) is 15.6 Å². The lowest BCUT2D eigenvalue weighted by atomic mass is 10.2. The zero-order chi connectivity index (χ0) is 15.8. The minimum atomic E-state index is 0.238. The summed E-state index contributed by atoms with van der Waals surface area (Å²) in [5, 5.41) is 7.18. The molecule has 22 heavy (non-hydrogen) atoms. The zero-order valence-electron chi connectivity index (χ0n) is 12.3. The molecule has 0 unspecified atom stereocenters. The molecule has 0 bridgehead atoms. The van der Waals surface area contributed by atoms with Gasteiger partial charge in [-0.2, -0.15) is 0 Å². The Morgan fingerprint density at radius 1 is 1.45 bits per heavy atom. The van der Waals surface area contributed by atoms with Crippen molar-refractivity contribution in [2.75, 3.05) is 6.54 Å². The molecule has 1 aromatic rings. The summed E-state index contributed by atoms with van der Waals surface area (Å²) in [6.07, 6.45) is 9.52. The van der Waals surface area contributed by atoms with Gasteiger partial charge in [-0.25, -0.2) is 4.99 Å². The van der Waals surface area contributed by atoms with Crippen molar-refractivity contribution in [1.29, 1.82) is 0 Å². The number of rotatable bonds is 5. The summed E-state index contributed by atoms with van der Waals surface area (Å²) in [5.41, 5.74) is 6.73. The average molecular weight is 338 g/mol. The van der Waals surface area contributed by atoms with Gasteiger partial charge in [0.05, 0.1) is 16.8 Å². The van der Waals surface area contributed by atoms with E-state index in [2.05, 4.69) is 32.8 Å². The molecular weight excluding hydrogens is 318 g/mol. The average Bonchev–Trinajstić information content (AvgIpc) is 2.98. The highest BCUT2D eigenvalue weighted by Gasteiger charge is 2.09. The van der Waals surface area contributed by atoms with Crippen LogP contribution >= 0.6 is 23.8 Å². The van der Waals surface area contributed by atoms with E-state index in [0.29, 0.717) is 16.1 Å². The molecule has 1 heterocycles. The predicted molar refractivity (Wildman–Crippen MR) is 95.1 cm³/mol. The van der Waals surface area contributed by atoms with Crippen LogP contribution < -0.4 is 16.4 Å². The zero-order valence-corrected chi connectivity index (χ0v) is 13.8. The molecule has 0 saturated heterocycles. The smallest absolute Gasteiger partial charge is 0.195 e. The molecule has 0 fully saturated rings. The van der Waals surface area contributed by atoms with Crippen molar-refractivity contribution in [3.63, 3.8) is 0 Å². The van der Waals surface area contributed by atoms with E-state index in [9.17, 15) is 0 Å². The predicted octanol–water partition coefficient (Wildman–Crippen LogP) is 2.16. The van der Waals surface area contributed by atoms with Gasteiger partial charge in [0.15, 0.2) is 11.1 Å². The molecule has 0 aliphatic heterocycles. The number of guanidine groups is 1. The highest BCUT2D eigenvalue weighted by atomic mass is 35.5. The number of pyridine rings is 1. The topological polar surface area (TPSA) is 75.3 Å². The number of nitrogens with two attached hydrogens (primary N) is 1. The van der Waals surface area contributed by atoms with Gasteiger partial charge in [-0.05, 0) is 50.0 Å². The van der Waals surface area contributed by atoms with E-state index >= 15 is 0 Å². The van der Waals surface area contributed by atoms with Gasteiger partial charge in [-0.3, -0.25) is 4.98 Å². The first-order chi connectivity index (χ1) is 10.6. The Morgan fingerprint density at radius 2 is 2.23 bits per heavy atom. The van der Waals surface area contributed by atoms with Crippen LogP contribution in [0.15, 0.2) is 35.5 Å². The van der Waals surface area contributed by atoms with Crippen LogP contribution in [0.5, 0.6) is 0 Å². The second-order valence-corrected chi connectivity index (χ2v) is 5.84. The number of thiocarbonyl (C=S) groups is 1. The Hall–Kier alpha value is -1.66. The summed E-state index contributed by atoms with van der Waals surface area (Å²) >= 11 is 11.2. The van der Waals surface area contributed by atoms with Crippen LogP contribution in [0.3, 0.4) is 0 Å². The Labute approximate surface area is 141 Å². The Kier molecular flexibility index (Phi) is 6.61. The monoisotopic (exact) mass is 337 g/mol. The fourth-order valence-electron chi connectivity index (χ4n) is 2.16. The van der Waals surface area contributed by atoms with Crippen molar-refractivity contribution >= 4 is 34.9 Å². The van der Waals surface area contributed by atoms with Crippen molar-refractivity contribution in [3.8, 4) is 0 Å². The number of hydrogen-bond acceptors (Lipinski definition) is 3. The third-order valence-corrected chi connectivity index (χ3v) is 3.85. The van der Waals surface area contributed by atoms with Crippen LogP contribution in [0.1, 0.15) is 25.0 Å². The molecule has 2 rings (SSSR count). The summed E-state index contributed by atoms with van der Waals surface area (Å²) in [4.78, 5) is 8.62. The lowest BCUT2D eigenvalue weighted by molar-refractivity contribution is 0.727. The molecule has 1 aliphatic carbocycles. The normalized spacial score (nSPS) is 15.0. The van der Waals surface area contributed by atoms with E-state index in [4.69, 9.17) is 29.6 Å². The van der Waals surface area contributed by atoms with Crippen molar-refractivity contribution in [2.45, 2.75) is 31.7 Å². The quantitative estimate of drug-likeness (QED) is 0.252. The summed E-state index contributed by atoms with van der Waals surface area (Å²) in [5.74, 6) is 0.360. The molecule has 1 aliphatic rings. The lowest BCUT2D eigenvalue weighted by Gasteiger charge is -2.11. The first-order valence-corrected chi connectivity index (χ1v) is 8.06. The molecule has 0 spiro atoms. The van der Waals surface area contributed by atoms with E-state index in [1.54, 1.807) is 6.20 Å². The maximum atomic E-state index is 6.06. The molecule has 0 aromatic carbocycles. The SMILES string of the molecule is NC(=NC1CC=CC1)NC(=S)NCCCc1ncccc1Cl. The van der Waals surface area contributed by atoms with E-state index in [-0.39, 0.29) is 6.04 Å². The number of halogens is 1. The van der Waals surface area contributed by atoms with Crippen LogP contribution in [0.4, 0.5) is 0 Å². The highest BCUT2D eigenvalue weighted by molar-refractivity contribution is 7.80. The molecule has 4 N–H and O–H groups in total. The van der Waals surface area contributed by atoms with E-state index in [1.165, 1.54) is 0 Å². The second-order valence-electron chi connectivity index (χ2n) is 5.03. The van der Waals surface area contributed by atoms with E-state index in [0.717, 1.165) is 37.9 Å². The molecular formula is C15H20ClN5S. The summed E-state index contributed by atoms with van der Waals surface area (Å²) < 4.78 is 0. The Bertz CT molecular complexity index is 565. The standard InChI is InChI=1S/C15H20ClN5S/c16-12-7-3-9-18-13(12)8-4-10-19-15(22)21-14(17)20-11-5-1-2-6-11/h1-3,7,9,11H,4-6,8,10H2,(H4,17,19,20,21,22). The molecule has 0 saturated carbocycles. The maximum absolute atomic E-state index is 6.06. The number of nitrogens with zero attached hydrogens (tertiary/aromatic N) is 2. The van der Waals surface area contributed by atoms with Crippen molar-refractivity contribution < 1.29 is 0 Å². The first-order valence-electron chi connectivity index (χ1n) is 7.27. The van der Waals surface area contributed by atoms with Gasteiger partial charge in [-0.1, -0.05) is 23.8 Å². The van der Waals surface area contributed by atoms with Gasteiger partial charge in [0, 0.05) is 12.7 Å². The molecule has 0 atom stereocenters. The maximum Gasteiger partial charge on any atom is 0.195 e. The van der Waals surface area contributed by atoms with Crippen LogP contribution in [0.25, 0.3) is 0 Å². The summed E-state index contributed by atoms with van der Waals surface area (Å²) in [6, 6.07) is 3.91. The lowest BCUT2D eigenvalue weighted by Crippen LogP contribution is -2.44. The molecule has 5 nitrogen and oxygen atoms in total. The van der Waals surface area contributed by atoms with E-state index in [1.807, 2.05) is 12.1 Å².